The summed E-state index contributed by atoms with van der Waals surface area (Å²) in [6, 6.07) is 18.8. The molecule has 2 amide bonds. The molecular weight excluding hydrogens is 342 g/mol. The molecule has 5 heteroatoms. The number of nitrogens with zero attached hydrogens (tertiary/aromatic N) is 1. The highest BCUT2D eigenvalue weighted by molar-refractivity contribution is 7.17. The van der Waals surface area contributed by atoms with Gasteiger partial charge in [0.25, 0.3) is 0 Å². The van der Waals surface area contributed by atoms with Gasteiger partial charge in [0, 0.05) is 41.1 Å². The van der Waals surface area contributed by atoms with Gasteiger partial charge in [0.2, 0.25) is 0 Å². The first-order valence-corrected chi connectivity index (χ1v) is 9.96. The zero-order valence-corrected chi connectivity index (χ0v) is 15.5. The van der Waals surface area contributed by atoms with E-state index >= 15 is 0 Å². The van der Waals surface area contributed by atoms with Crippen LogP contribution in [0.2, 0.25) is 0 Å². The molecule has 4 rings (SSSR count). The summed E-state index contributed by atoms with van der Waals surface area (Å²) in [5.74, 6) is 0. The van der Waals surface area contributed by atoms with E-state index in [2.05, 4.69) is 51.9 Å². The van der Waals surface area contributed by atoms with E-state index < -0.39 is 0 Å². The maximum atomic E-state index is 12.4. The van der Waals surface area contributed by atoms with Crippen molar-refractivity contribution >= 4 is 33.1 Å². The van der Waals surface area contributed by atoms with Crippen LogP contribution in [0.25, 0.3) is 10.1 Å². The van der Waals surface area contributed by atoms with E-state index in [1.807, 2.05) is 23.6 Å². The second-order valence-electron chi connectivity index (χ2n) is 6.78. The number of nitrogens with one attached hydrogen (secondary N) is 2. The van der Waals surface area contributed by atoms with Gasteiger partial charge in [-0.3, -0.25) is 4.90 Å². The lowest BCUT2D eigenvalue weighted by Gasteiger charge is -2.32. The van der Waals surface area contributed by atoms with Gasteiger partial charge in [-0.05, 0) is 24.5 Å². The van der Waals surface area contributed by atoms with Gasteiger partial charge >= 0.3 is 6.03 Å². The van der Waals surface area contributed by atoms with E-state index in [4.69, 9.17) is 0 Å². The quantitative estimate of drug-likeness (QED) is 0.705. The number of carbonyl (C=O) groups excluding carboxylic acids is 1. The zero-order valence-electron chi connectivity index (χ0n) is 14.7. The number of hydrogen-bond acceptors (Lipinski definition) is 3. The molecule has 1 saturated heterocycles. The van der Waals surface area contributed by atoms with Gasteiger partial charge in [-0.2, -0.15) is 0 Å². The third-order valence-electron chi connectivity index (χ3n) is 4.90. The van der Waals surface area contributed by atoms with Gasteiger partial charge in [0.1, 0.15) is 0 Å². The summed E-state index contributed by atoms with van der Waals surface area (Å²) < 4.78 is 1.19. The van der Waals surface area contributed by atoms with Gasteiger partial charge in [-0.15, -0.1) is 11.3 Å². The molecule has 3 aromatic rings. The lowest BCUT2D eigenvalue weighted by atomic mass is 10.0. The molecule has 1 fully saturated rings. The topological polar surface area (TPSA) is 44.4 Å². The van der Waals surface area contributed by atoms with Gasteiger partial charge in [0.15, 0.2) is 0 Å². The third kappa shape index (κ3) is 4.06. The Hall–Kier alpha value is -2.37. The Labute approximate surface area is 157 Å². The summed E-state index contributed by atoms with van der Waals surface area (Å²) in [6.45, 7) is 3.02. The molecule has 2 heterocycles. The number of anilines is 1. The second kappa shape index (κ2) is 7.89. The lowest BCUT2D eigenvalue weighted by Crippen LogP contribution is -2.45. The minimum atomic E-state index is -0.102. The number of hydrogen-bond donors (Lipinski definition) is 2. The average molecular weight is 366 g/mol. The van der Waals surface area contributed by atoms with Crippen molar-refractivity contribution in [3.63, 3.8) is 0 Å². The van der Waals surface area contributed by atoms with Gasteiger partial charge in [0.05, 0.1) is 5.69 Å². The van der Waals surface area contributed by atoms with Crippen molar-refractivity contribution in [2.45, 2.75) is 25.4 Å². The summed E-state index contributed by atoms with van der Waals surface area (Å²) in [4.78, 5) is 14.8. The van der Waals surface area contributed by atoms with Crippen LogP contribution in [0, 0.1) is 0 Å². The molecule has 0 bridgehead atoms. The molecule has 2 N–H and O–H groups in total. The van der Waals surface area contributed by atoms with Crippen molar-refractivity contribution in [2.24, 2.45) is 0 Å². The maximum absolute atomic E-state index is 12.4. The minimum absolute atomic E-state index is 0.102. The van der Waals surface area contributed by atoms with Crippen LogP contribution in [-0.4, -0.2) is 30.1 Å². The fourth-order valence-electron chi connectivity index (χ4n) is 3.50. The Morgan fingerprint density at radius 3 is 2.58 bits per heavy atom. The monoisotopic (exact) mass is 365 g/mol. The second-order valence-corrected chi connectivity index (χ2v) is 7.69. The molecular formula is C21H23N3OS. The van der Waals surface area contributed by atoms with Crippen molar-refractivity contribution in [1.82, 2.24) is 10.2 Å². The predicted octanol–water partition coefficient (Wildman–Crippen LogP) is 4.69. The SMILES string of the molecule is O=C(Nc1csc2ccccc12)NC1CCN(Cc2ccccc2)CC1. The van der Waals surface area contributed by atoms with Gasteiger partial charge in [-0.1, -0.05) is 48.5 Å². The van der Waals surface area contributed by atoms with E-state index in [9.17, 15) is 4.79 Å². The highest BCUT2D eigenvalue weighted by Gasteiger charge is 2.21. The largest absolute Gasteiger partial charge is 0.335 e. The van der Waals surface area contributed by atoms with E-state index in [1.165, 1.54) is 10.3 Å². The molecule has 1 aromatic heterocycles. The molecule has 0 aliphatic carbocycles. The van der Waals surface area contributed by atoms with Crippen molar-refractivity contribution in [3.8, 4) is 0 Å². The van der Waals surface area contributed by atoms with Crippen molar-refractivity contribution in [3.05, 3.63) is 65.5 Å². The number of urea groups is 1. The van der Waals surface area contributed by atoms with Crippen LogP contribution < -0.4 is 10.6 Å². The minimum Gasteiger partial charge on any atom is -0.335 e. The molecule has 1 aliphatic rings. The summed E-state index contributed by atoms with van der Waals surface area (Å²) in [7, 11) is 0. The number of fused-ring (bicyclic) bond motifs is 1. The fraction of sp³-hybridized carbons (Fsp3) is 0.286. The van der Waals surface area contributed by atoms with Crippen LogP contribution in [0.5, 0.6) is 0 Å². The third-order valence-corrected chi connectivity index (χ3v) is 5.86. The average Bonchev–Trinajstić information content (AvgIpc) is 3.07. The Balaban J connectivity index is 1.27. The Morgan fingerprint density at radius 1 is 1.04 bits per heavy atom. The molecule has 4 nitrogen and oxygen atoms in total. The van der Waals surface area contributed by atoms with Gasteiger partial charge in [-0.25, -0.2) is 4.79 Å². The summed E-state index contributed by atoms with van der Waals surface area (Å²) in [5, 5.41) is 9.25. The van der Waals surface area contributed by atoms with Crippen LogP contribution in [0.3, 0.4) is 0 Å². The highest BCUT2D eigenvalue weighted by atomic mass is 32.1. The standard InChI is InChI=1S/C21H23N3OS/c25-21(23-19-15-26-20-9-5-4-8-18(19)20)22-17-10-12-24(13-11-17)14-16-6-2-1-3-7-16/h1-9,15,17H,10-14H2,(H2,22,23,25). The molecule has 0 atom stereocenters. The van der Waals surface area contributed by atoms with E-state index in [-0.39, 0.29) is 12.1 Å². The molecule has 26 heavy (non-hydrogen) atoms. The van der Waals surface area contributed by atoms with Crippen molar-refractivity contribution < 1.29 is 4.79 Å². The fourth-order valence-corrected chi connectivity index (χ4v) is 4.39. The Morgan fingerprint density at radius 2 is 1.77 bits per heavy atom. The number of thiophene rings is 1. The normalized spacial score (nSPS) is 15.8. The summed E-state index contributed by atoms with van der Waals surface area (Å²) >= 11 is 1.65. The van der Waals surface area contributed by atoms with E-state index in [0.29, 0.717) is 0 Å². The predicted molar refractivity (Wildman–Crippen MR) is 109 cm³/mol. The number of amides is 2. The van der Waals surface area contributed by atoms with Crippen LogP contribution in [0.15, 0.2) is 60.0 Å². The Bertz CT molecular complexity index is 869. The maximum Gasteiger partial charge on any atom is 0.319 e. The molecule has 1 aliphatic heterocycles. The number of piperidine rings is 1. The Kier molecular flexibility index (Phi) is 5.18. The number of likely N-dealkylation sites (tertiary alicyclic amines) is 1. The number of benzene rings is 2. The summed E-state index contributed by atoms with van der Waals surface area (Å²) in [5.41, 5.74) is 2.24. The van der Waals surface area contributed by atoms with Crippen LogP contribution in [-0.2, 0) is 6.54 Å². The van der Waals surface area contributed by atoms with E-state index in [1.54, 1.807) is 11.3 Å². The lowest BCUT2D eigenvalue weighted by molar-refractivity contribution is 0.190. The molecule has 0 radical (unpaired) electrons. The number of carbonyl (C=O) groups is 1. The first kappa shape index (κ1) is 17.1. The van der Waals surface area contributed by atoms with E-state index in [0.717, 1.165) is 43.5 Å². The smallest absolute Gasteiger partial charge is 0.319 e. The van der Waals surface area contributed by atoms with Crippen molar-refractivity contribution in [2.75, 3.05) is 18.4 Å². The molecule has 2 aromatic carbocycles. The first-order valence-electron chi connectivity index (χ1n) is 9.08. The summed E-state index contributed by atoms with van der Waals surface area (Å²) in [6.07, 6.45) is 1.98. The number of rotatable bonds is 4. The van der Waals surface area contributed by atoms with Crippen LogP contribution >= 0.6 is 11.3 Å². The zero-order chi connectivity index (χ0) is 17.8. The molecule has 0 saturated carbocycles. The molecule has 0 unspecified atom stereocenters. The molecule has 134 valence electrons. The highest BCUT2D eigenvalue weighted by Crippen LogP contribution is 2.29. The molecule has 0 spiro atoms. The van der Waals surface area contributed by atoms with Gasteiger partial charge < -0.3 is 10.6 Å². The van der Waals surface area contributed by atoms with Crippen LogP contribution in [0.4, 0.5) is 10.5 Å². The van der Waals surface area contributed by atoms with Crippen LogP contribution in [0.1, 0.15) is 18.4 Å². The first-order chi connectivity index (χ1) is 12.8. The van der Waals surface area contributed by atoms with Crippen molar-refractivity contribution in [1.29, 1.82) is 0 Å².